The van der Waals surface area contributed by atoms with Crippen LogP contribution in [0, 0.1) is 0 Å². The van der Waals surface area contributed by atoms with Crippen LogP contribution in [0.25, 0.3) is 0 Å². The average Bonchev–Trinajstić information content (AvgIpc) is 2.35. The van der Waals surface area contributed by atoms with E-state index in [2.05, 4.69) is 5.32 Å². The molecule has 2 atom stereocenters. The van der Waals surface area contributed by atoms with E-state index in [0.29, 0.717) is 11.4 Å². The van der Waals surface area contributed by atoms with E-state index in [1.165, 1.54) is 0 Å². The maximum absolute atomic E-state index is 11.9. The van der Waals surface area contributed by atoms with E-state index in [0.717, 1.165) is 18.4 Å². The van der Waals surface area contributed by atoms with Gasteiger partial charge in [0, 0.05) is 5.02 Å². The Morgan fingerprint density at radius 1 is 1.42 bits per heavy atom. The normalized spacial score (nSPS) is 13.3. The number of hydrogen-bond acceptors (Lipinski definition) is 2. The summed E-state index contributed by atoms with van der Waals surface area (Å²) >= 11 is 5.96. The largest absolute Gasteiger partial charge is 0.348 e. The SMILES string of the molecule is CCCC(N)C(=O)NC(CC)c1cccc(Cl)c1.Cl. The van der Waals surface area contributed by atoms with Gasteiger partial charge in [0.2, 0.25) is 5.91 Å². The minimum Gasteiger partial charge on any atom is -0.348 e. The number of hydrogen-bond donors (Lipinski definition) is 2. The number of benzene rings is 1. The molecule has 0 aromatic heterocycles. The third kappa shape index (κ3) is 5.81. The molecule has 1 amide bonds. The number of amides is 1. The van der Waals surface area contributed by atoms with E-state index in [1.807, 2.05) is 38.1 Å². The van der Waals surface area contributed by atoms with Crippen LogP contribution in [-0.2, 0) is 4.79 Å². The van der Waals surface area contributed by atoms with Crippen molar-refractivity contribution < 1.29 is 4.79 Å². The highest BCUT2D eigenvalue weighted by Crippen LogP contribution is 2.20. The second-order valence-electron chi connectivity index (χ2n) is 4.42. The van der Waals surface area contributed by atoms with Gasteiger partial charge in [-0.05, 0) is 30.5 Å². The first-order valence-electron chi connectivity index (χ1n) is 6.39. The molecule has 1 rings (SSSR count). The van der Waals surface area contributed by atoms with Gasteiger partial charge in [0.15, 0.2) is 0 Å². The topological polar surface area (TPSA) is 55.1 Å². The second-order valence-corrected chi connectivity index (χ2v) is 4.86. The van der Waals surface area contributed by atoms with Gasteiger partial charge in [-0.1, -0.05) is 44.0 Å². The highest BCUT2D eigenvalue weighted by Gasteiger charge is 2.17. The molecule has 0 saturated heterocycles. The van der Waals surface area contributed by atoms with Crippen molar-refractivity contribution in [3.05, 3.63) is 34.9 Å². The van der Waals surface area contributed by atoms with Gasteiger partial charge in [0.25, 0.3) is 0 Å². The van der Waals surface area contributed by atoms with Crippen LogP contribution < -0.4 is 11.1 Å². The van der Waals surface area contributed by atoms with Crippen LogP contribution >= 0.6 is 24.0 Å². The van der Waals surface area contributed by atoms with Crippen molar-refractivity contribution in [3.63, 3.8) is 0 Å². The van der Waals surface area contributed by atoms with Crippen LogP contribution in [0.15, 0.2) is 24.3 Å². The van der Waals surface area contributed by atoms with Gasteiger partial charge in [-0.2, -0.15) is 0 Å². The molecule has 0 spiro atoms. The van der Waals surface area contributed by atoms with Gasteiger partial charge < -0.3 is 11.1 Å². The number of carbonyl (C=O) groups is 1. The minimum atomic E-state index is -0.428. The molecule has 19 heavy (non-hydrogen) atoms. The lowest BCUT2D eigenvalue weighted by atomic mass is 10.0. The average molecular weight is 305 g/mol. The van der Waals surface area contributed by atoms with Crippen molar-refractivity contribution in [1.82, 2.24) is 5.32 Å². The molecule has 3 N–H and O–H groups in total. The second kappa shape index (κ2) is 9.18. The number of nitrogens with two attached hydrogens (primary N) is 1. The zero-order valence-corrected chi connectivity index (χ0v) is 12.9. The van der Waals surface area contributed by atoms with Gasteiger partial charge in [0.05, 0.1) is 12.1 Å². The van der Waals surface area contributed by atoms with Crippen molar-refractivity contribution in [3.8, 4) is 0 Å². The van der Waals surface area contributed by atoms with Gasteiger partial charge in [-0.3, -0.25) is 4.79 Å². The van der Waals surface area contributed by atoms with Crippen LogP contribution in [0.5, 0.6) is 0 Å². The smallest absolute Gasteiger partial charge is 0.237 e. The number of halogens is 2. The van der Waals surface area contributed by atoms with E-state index in [4.69, 9.17) is 17.3 Å². The Morgan fingerprint density at radius 2 is 2.11 bits per heavy atom. The Kier molecular flexibility index (Phi) is 8.81. The third-order valence-electron chi connectivity index (χ3n) is 2.91. The molecule has 0 heterocycles. The summed E-state index contributed by atoms with van der Waals surface area (Å²) in [6.07, 6.45) is 2.42. The zero-order chi connectivity index (χ0) is 13.5. The van der Waals surface area contributed by atoms with E-state index in [9.17, 15) is 4.79 Å². The minimum absolute atomic E-state index is 0. The summed E-state index contributed by atoms with van der Waals surface area (Å²) in [5.41, 5.74) is 6.82. The maximum atomic E-state index is 11.9. The Morgan fingerprint density at radius 3 is 2.63 bits per heavy atom. The molecule has 1 aromatic carbocycles. The molecule has 0 aliphatic rings. The number of carbonyl (C=O) groups excluding carboxylic acids is 1. The van der Waals surface area contributed by atoms with Gasteiger partial charge in [0.1, 0.15) is 0 Å². The molecule has 0 fully saturated rings. The molecule has 2 unspecified atom stereocenters. The predicted octanol–water partition coefficient (Wildman–Crippen LogP) is 3.46. The number of rotatable bonds is 6. The molecule has 0 aliphatic heterocycles. The summed E-state index contributed by atoms with van der Waals surface area (Å²) in [6.45, 7) is 4.04. The molecule has 0 radical (unpaired) electrons. The van der Waals surface area contributed by atoms with Crippen molar-refractivity contribution in [2.75, 3.05) is 0 Å². The van der Waals surface area contributed by atoms with E-state index in [-0.39, 0.29) is 24.4 Å². The lowest BCUT2D eigenvalue weighted by Crippen LogP contribution is -2.42. The Balaban J connectivity index is 0.00000324. The first-order chi connectivity index (χ1) is 8.58. The lowest BCUT2D eigenvalue weighted by Gasteiger charge is -2.20. The summed E-state index contributed by atoms with van der Waals surface area (Å²) in [7, 11) is 0. The van der Waals surface area contributed by atoms with Gasteiger partial charge in [-0.25, -0.2) is 0 Å². The highest BCUT2D eigenvalue weighted by molar-refractivity contribution is 6.30. The van der Waals surface area contributed by atoms with Crippen LogP contribution in [0.1, 0.15) is 44.7 Å². The molecular formula is C14H22Cl2N2O. The van der Waals surface area contributed by atoms with Crippen molar-refractivity contribution in [1.29, 1.82) is 0 Å². The fraction of sp³-hybridized carbons (Fsp3) is 0.500. The molecule has 1 aromatic rings. The summed E-state index contributed by atoms with van der Waals surface area (Å²) < 4.78 is 0. The van der Waals surface area contributed by atoms with Gasteiger partial charge in [-0.15, -0.1) is 12.4 Å². The Hall–Kier alpha value is -0.770. The van der Waals surface area contributed by atoms with Gasteiger partial charge >= 0.3 is 0 Å². The Bertz CT molecular complexity index is 399. The number of nitrogens with one attached hydrogen (secondary N) is 1. The summed E-state index contributed by atoms with van der Waals surface area (Å²) in [5.74, 6) is -0.0938. The lowest BCUT2D eigenvalue weighted by molar-refractivity contribution is -0.123. The third-order valence-corrected chi connectivity index (χ3v) is 3.15. The molecule has 108 valence electrons. The standard InChI is InChI=1S/C14H21ClN2O.ClH/c1-3-6-12(16)14(18)17-13(4-2)10-7-5-8-11(15)9-10;/h5,7-9,12-13H,3-4,6,16H2,1-2H3,(H,17,18);1H. The summed E-state index contributed by atoms with van der Waals surface area (Å²) in [4.78, 5) is 11.9. The molecule has 0 saturated carbocycles. The first-order valence-corrected chi connectivity index (χ1v) is 6.77. The zero-order valence-electron chi connectivity index (χ0n) is 11.4. The van der Waals surface area contributed by atoms with Crippen molar-refractivity contribution in [2.24, 2.45) is 5.73 Å². The van der Waals surface area contributed by atoms with Crippen LogP contribution in [0.3, 0.4) is 0 Å². The van der Waals surface area contributed by atoms with Crippen molar-refractivity contribution in [2.45, 2.75) is 45.2 Å². The fourth-order valence-corrected chi connectivity index (χ4v) is 2.06. The highest BCUT2D eigenvalue weighted by atomic mass is 35.5. The predicted molar refractivity (Wildman–Crippen MR) is 82.8 cm³/mol. The molecular weight excluding hydrogens is 283 g/mol. The van der Waals surface area contributed by atoms with Crippen LogP contribution in [0.2, 0.25) is 5.02 Å². The van der Waals surface area contributed by atoms with Crippen LogP contribution in [-0.4, -0.2) is 11.9 Å². The fourth-order valence-electron chi connectivity index (χ4n) is 1.87. The van der Waals surface area contributed by atoms with Crippen molar-refractivity contribution >= 4 is 29.9 Å². The summed E-state index contributed by atoms with van der Waals surface area (Å²) in [6, 6.07) is 7.09. The van der Waals surface area contributed by atoms with E-state index in [1.54, 1.807) is 0 Å². The molecule has 3 nitrogen and oxygen atoms in total. The molecule has 0 bridgehead atoms. The molecule has 5 heteroatoms. The maximum Gasteiger partial charge on any atom is 0.237 e. The Labute approximate surface area is 126 Å². The molecule has 0 aliphatic carbocycles. The van der Waals surface area contributed by atoms with E-state index < -0.39 is 6.04 Å². The first kappa shape index (κ1) is 18.2. The van der Waals surface area contributed by atoms with E-state index >= 15 is 0 Å². The monoisotopic (exact) mass is 304 g/mol. The quantitative estimate of drug-likeness (QED) is 0.845. The summed E-state index contributed by atoms with van der Waals surface area (Å²) in [5, 5.41) is 3.65. The van der Waals surface area contributed by atoms with Crippen LogP contribution in [0.4, 0.5) is 0 Å².